The molecule has 1 aliphatic rings. The van der Waals surface area contributed by atoms with E-state index in [1.807, 2.05) is 19.1 Å². The highest BCUT2D eigenvalue weighted by Crippen LogP contribution is 2.30. The summed E-state index contributed by atoms with van der Waals surface area (Å²) in [5.41, 5.74) is 7.48. The summed E-state index contributed by atoms with van der Waals surface area (Å²) < 4.78 is 0. The fourth-order valence-corrected chi connectivity index (χ4v) is 2.66. The van der Waals surface area contributed by atoms with Gasteiger partial charge in [-0.2, -0.15) is 0 Å². The molecule has 4 nitrogen and oxygen atoms in total. The Morgan fingerprint density at radius 2 is 2.33 bits per heavy atom. The maximum atomic E-state index is 9.53. The average Bonchev–Trinajstić information content (AvgIpc) is 2.69. The van der Waals surface area contributed by atoms with E-state index in [0.717, 1.165) is 30.0 Å². The van der Waals surface area contributed by atoms with Crippen LogP contribution < -0.4 is 10.6 Å². The Labute approximate surface area is 113 Å². The van der Waals surface area contributed by atoms with Gasteiger partial charge in [0.05, 0.1) is 18.2 Å². The minimum Gasteiger partial charge on any atom is -0.394 e. The monoisotopic (exact) mass is 265 g/mol. The highest BCUT2D eigenvalue weighted by atomic mass is 32.1. The first-order chi connectivity index (χ1) is 8.54. The lowest BCUT2D eigenvalue weighted by molar-refractivity contribution is 0.244. The van der Waals surface area contributed by atoms with Gasteiger partial charge in [0.15, 0.2) is 0 Å². The Bertz CT molecular complexity index is 464. The van der Waals surface area contributed by atoms with Crippen molar-refractivity contribution in [3.63, 3.8) is 0 Å². The van der Waals surface area contributed by atoms with Crippen molar-refractivity contribution < 1.29 is 5.11 Å². The second-order valence-electron chi connectivity index (χ2n) is 4.90. The number of rotatable bonds is 3. The zero-order valence-corrected chi connectivity index (χ0v) is 11.6. The van der Waals surface area contributed by atoms with Crippen LogP contribution in [0.1, 0.15) is 24.6 Å². The molecule has 0 aromatic carbocycles. The van der Waals surface area contributed by atoms with Gasteiger partial charge in [-0.25, -0.2) is 4.98 Å². The fraction of sp³-hybridized carbons (Fsp3) is 0.538. The Hall–Kier alpha value is -1.20. The molecule has 1 fully saturated rings. The van der Waals surface area contributed by atoms with Gasteiger partial charge in [-0.3, -0.25) is 0 Å². The van der Waals surface area contributed by atoms with Crippen molar-refractivity contribution in [2.75, 3.05) is 18.1 Å². The molecule has 0 amide bonds. The molecule has 1 aromatic rings. The van der Waals surface area contributed by atoms with Gasteiger partial charge < -0.3 is 15.7 Å². The molecule has 1 saturated heterocycles. The molecule has 2 atom stereocenters. The summed E-state index contributed by atoms with van der Waals surface area (Å²) >= 11 is 5.08. The van der Waals surface area contributed by atoms with E-state index in [1.54, 1.807) is 0 Å². The van der Waals surface area contributed by atoms with Gasteiger partial charge in [0, 0.05) is 12.2 Å². The summed E-state index contributed by atoms with van der Waals surface area (Å²) in [4.78, 5) is 7.04. The Morgan fingerprint density at radius 1 is 1.61 bits per heavy atom. The molecule has 5 heteroatoms. The highest BCUT2D eigenvalue weighted by molar-refractivity contribution is 7.80. The van der Waals surface area contributed by atoms with Crippen LogP contribution in [0.5, 0.6) is 0 Å². The van der Waals surface area contributed by atoms with Crippen molar-refractivity contribution in [2.24, 2.45) is 11.7 Å². The van der Waals surface area contributed by atoms with Crippen LogP contribution in [0.2, 0.25) is 0 Å². The van der Waals surface area contributed by atoms with Gasteiger partial charge in [0.2, 0.25) is 0 Å². The zero-order valence-electron chi connectivity index (χ0n) is 10.8. The maximum Gasteiger partial charge on any atom is 0.139 e. The minimum atomic E-state index is 0.104. The van der Waals surface area contributed by atoms with Crippen molar-refractivity contribution >= 4 is 23.0 Å². The van der Waals surface area contributed by atoms with E-state index < -0.39 is 0 Å². The molecular weight excluding hydrogens is 246 g/mol. The molecule has 2 unspecified atom stereocenters. The zero-order chi connectivity index (χ0) is 13.3. The van der Waals surface area contributed by atoms with Gasteiger partial charge in [-0.15, -0.1) is 0 Å². The first kappa shape index (κ1) is 13.2. The topological polar surface area (TPSA) is 62.4 Å². The van der Waals surface area contributed by atoms with Gasteiger partial charge in [0.25, 0.3) is 0 Å². The summed E-state index contributed by atoms with van der Waals surface area (Å²) in [5.74, 6) is 1.27. The third-order valence-corrected chi connectivity index (χ3v) is 3.84. The molecule has 0 bridgehead atoms. The van der Waals surface area contributed by atoms with Gasteiger partial charge in [0.1, 0.15) is 10.8 Å². The van der Waals surface area contributed by atoms with E-state index in [9.17, 15) is 5.11 Å². The molecule has 2 rings (SSSR count). The number of aliphatic hydroxyl groups is 1. The first-order valence-corrected chi connectivity index (χ1v) is 6.60. The van der Waals surface area contributed by atoms with Crippen molar-refractivity contribution in [1.82, 2.24) is 4.98 Å². The maximum absolute atomic E-state index is 9.53. The predicted molar refractivity (Wildman–Crippen MR) is 76.9 cm³/mol. The first-order valence-electron chi connectivity index (χ1n) is 6.19. The Morgan fingerprint density at radius 3 is 2.94 bits per heavy atom. The summed E-state index contributed by atoms with van der Waals surface area (Å²) in [7, 11) is 0. The fourth-order valence-electron chi connectivity index (χ4n) is 2.50. The van der Waals surface area contributed by atoms with Crippen molar-refractivity contribution in [3.8, 4) is 0 Å². The van der Waals surface area contributed by atoms with Crippen LogP contribution in [0.3, 0.4) is 0 Å². The molecule has 0 aliphatic carbocycles. The second-order valence-corrected chi connectivity index (χ2v) is 5.34. The quantitative estimate of drug-likeness (QED) is 0.805. The number of aromatic nitrogens is 1. The third kappa shape index (κ3) is 2.33. The van der Waals surface area contributed by atoms with Gasteiger partial charge in [-0.05, 0) is 31.4 Å². The number of thiocarbonyl (C=S) groups is 1. The molecule has 0 spiro atoms. The Kier molecular flexibility index (Phi) is 3.82. The van der Waals surface area contributed by atoms with E-state index in [0.29, 0.717) is 10.9 Å². The highest BCUT2D eigenvalue weighted by Gasteiger charge is 2.32. The van der Waals surface area contributed by atoms with E-state index in [1.165, 1.54) is 0 Å². The number of hydrogen-bond donors (Lipinski definition) is 2. The van der Waals surface area contributed by atoms with Crippen LogP contribution in [0.4, 0.5) is 5.82 Å². The van der Waals surface area contributed by atoms with Crippen LogP contribution in [0, 0.1) is 12.8 Å². The molecule has 3 N–H and O–H groups in total. The predicted octanol–water partition coefficient (Wildman–Crippen LogP) is 1.23. The number of aryl methyl sites for hydroxylation is 1. The van der Waals surface area contributed by atoms with E-state index >= 15 is 0 Å². The van der Waals surface area contributed by atoms with Gasteiger partial charge in [-0.1, -0.05) is 19.1 Å². The van der Waals surface area contributed by atoms with Crippen LogP contribution in [0.15, 0.2) is 12.1 Å². The van der Waals surface area contributed by atoms with Crippen molar-refractivity contribution in [1.29, 1.82) is 0 Å². The summed E-state index contributed by atoms with van der Waals surface area (Å²) in [6.07, 6.45) is 1.05. The van der Waals surface area contributed by atoms with E-state index in [2.05, 4.69) is 16.8 Å². The van der Waals surface area contributed by atoms with Crippen LogP contribution in [-0.2, 0) is 0 Å². The Balaban J connectivity index is 2.43. The molecular formula is C13H19N3OS. The molecule has 18 heavy (non-hydrogen) atoms. The van der Waals surface area contributed by atoms with Crippen molar-refractivity contribution in [3.05, 3.63) is 23.4 Å². The molecule has 1 aromatic heterocycles. The lowest BCUT2D eigenvalue weighted by atomic mass is 10.0. The lowest BCUT2D eigenvalue weighted by Crippen LogP contribution is -2.37. The van der Waals surface area contributed by atoms with Gasteiger partial charge >= 0.3 is 0 Å². The van der Waals surface area contributed by atoms with Crippen LogP contribution in [0.25, 0.3) is 0 Å². The van der Waals surface area contributed by atoms with E-state index in [4.69, 9.17) is 18.0 Å². The smallest absolute Gasteiger partial charge is 0.139 e. The number of hydrogen-bond acceptors (Lipinski definition) is 4. The number of aliphatic hydroxyl groups excluding tert-OH is 1. The second kappa shape index (κ2) is 5.20. The number of anilines is 1. The minimum absolute atomic E-state index is 0.104. The lowest BCUT2D eigenvalue weighted by Gasteiger charge is -2.28. The summed E-state index contributed by atoms with van der Waals surface area (Å²) in [5, 5.41) is 9.53. The molecule has 0 radical (unpaired) electrons. The summed E-state index contributed by atoms with van der Waals surface area (Å²) in [6, 6.07) is 3.93. The number of nitrogens with two attached hydrogens (primary N) is 1. The van der Waals surface area contributed by atoms with E-state index in [-0.39, 0.29) is 12.6 Å². The average molecular weight is 265 g/mol. The number of nitrogens with zero attached hydrogens (tertiary/aromatic N) is 2. The molecule has 2 heterocycles. The number of pyridine rings is 1. The largest absolute Gasteiger partial charge is 0.394 e. The van der Waals surface area contributed by atoms with Crippen LogP contribution in [-0.4, -0.2) is 34.3 Å². The molecule has 1 aliphatic heterocycles. The SMILES string of the molecule is Cc1ccc(C(N)=S)c(N2CCC(C)C2CO)n1. The molecule has 0 saturated carbocycles. The standard InChI is InChI=1S/C13H19N3OS/c1-8-5-6-16(11(8)7-17)13-10(12(14)18)4-3-9(2)15-13/h3-4,8,11,17H,5-7H2,1-2H3,(H2,14,18). The normalized spacial score (nSPS) is 23.4. The third-order valence-electron chi connectivity index (χ3n) is 3.62. The molecule has 98 valence electrons. The summed E-state index contributed by atoms with van der Waals surface area (Å²) in [6.45, 7) is 5.11. The van der Waals surface area contributed by atoms with Crippen molar-refractivity contribution in [2.45, 2.75) is 26.3 Å². The van der Waals surface area contributed by atoms with Crippen LogP contribution >= 0.6 is 12.2 Å².